The van der Waals surface area contributed by atoms with E-state index in [1.165, 1.54) is 11.3 Å². The molecule has 0 radical (unpaired) electrons. The number of benzene rings is 2. The summed E-state index contributed by atoms with van der Waals surface area (Å²) < 4.78 is 13.3. The lowest BCUT2D eigenvalue weighted by Gasteiger charge is -2.27. The molecule has 190 valence electrons. The highest BCUT2D eigenvalue weighted by Crippen LogP contribution is 2.40. The number of allylic oxidation sites excluding steroid dienone is 1. The summed E-state index contributed by atoms with van der Waals surface area (Å²) in [7, 11) is 1.59. The molecule has 1 aliphatic heterocycles. The number of thiazole rings is 1. The molecule has 0 bridgehead atoms. The number of nitrogens with zero attached hydrogens (tertiary/aromatic N) is 3. The van der Waals surface area contributed by atoms with Crippen LogP contribution in [0.3, 0.4) is 0 Å². The second-order valence-corrected chi connectivity index (χ2v) is 9.86. The molecule has 2 aromatic carbocycles. The minimum atomic E-state index is -0.780. The zero-order valence-electron chi connectivity index (χ0n) is 21.0. The number of rotatable bonds is 5. The van der Waals surface area contributed by atoms with Gasteiger partial charge in [-0.2, -0.15) is 0 Å². The zero-order chi connectivity index (χ0) is 26.4. The minimum absolute atomic E-state index is 0.202. The maximum absolute atomic E-state index is 14.1. The molecule has 1 aliphatic rings. The maximum Gasteiger partial charge on any atom is 0.338 e. The Morgan fingerprint density at radius 1 is 1.16 bits per heavy atom. The fourth-order valence-electron chi connectivity index (χ4n) is 5.04. The van der Waals surface area contributed by atoms with Crippen LogP contribution in [0.2, 0.25) is 0 Å². The summed E-state index contributed by atoms with van der Waals surface area (Å²) in [5, 5.41) is 2.76. The van der Waals surface area contributed by atoms with Gasteiger partial charge in [-0.1, -0.05) is 41.7 Å². The summed E-state index contributed by atoms with van der Waals surface area (Å²) in [6.45, 7) is 3.74. The van der Waals surface area contributed by atoms with Crippen molar-refractivity contribution >= 4 is 45.2 Å². The first-order valence-corrected chi connectivity index (χ1v) is 13.0. The first kappa shape index (κ1) is 23.9. The highest BCUT2D eigenvalue weighted by Gasteiger charge is 2.36. The van der Waals surface area contributed by atoms with Gasteiger partial charge in [0.25, 0.3) is 5.56 Å². The number of fused-ring (bicyclic) bond motifs is 3. The molecule has 5 aromatic rings. The molecule has 1 atom stereocenters. The van der Waals surface area contributed by atoms with Crippen molar-refractivity contribution in [2.75, 3.05) is 13.7 Å². The molecule has 0 spiro atoms. The Bertz CT molecular complexity index is 1950. The van der Waals surface area contributed by atoms with Crippen LogP contribution in [0.5, 0.6) is 5.75 Å². The zero-order valence-corrected chi connectivity index (χ0v) is 21.8. The van der Waals surface area contributed by atoms with E-state index < -0.39 is 12.0 Å². The third kappa shape index (κ3) is 3.74. The summed E-state index contributed by atoms with van der Waals surface area (Å²) >= 11 is 1.28. The standard InChI is InChI=1S/C29H24N4O4S/c1-4-37-28(35)23-16(2)32-29-33(25(23)24-19-9-6-5-8-17(19)11-12-21(24)36-3)27(34)22(38-29)14-18-15-31-26-20(18)10-7-13-30-26/h5-15,25H,4H2,1-3H3,(H,30,31)/b22-14-. The molecule has 4 heterocycles. The highest BCUT2D eigenvalue weighted by molar-refractivity contribution is 7.07. The quantitative estimate of drug-likeness (QED) is 0.353. The average molecular weight is 525 g/mol. The second-order valence-electron chi connectivity index (χ2n) is 8.85. The van der Waals surface area contributed by atoms with Crippen molar-refractivity contribution in [1.82, 2.24) is 14.5 Å². The molecule has 9 heteroatoms. The van der Waals surface area contributed by atoms with E-state index in [9.17, 15) is 9.59 Å². The third-order valence-electron chi connectivity index (χ3n) is 6.71. The fourth-order valence-corrected chi connectivity index (χ4v) is 6.08. The molecular weight excluding hydrogens is 500 g/mol. The summed E-state index contributed by atoms with van der Waals surface area (Å²) in [6.07, 6.45) is 5.38. The van der Waals surface area contributed by atoms with Crippen molar-refractivity contribution in [1.29, 1.82) is 0 Å². The van der Waals surface area contributed by atoms with Gasteiger partial charge in [-0.25, -0.2) is 14.8 Å². The van der Waals surface area contributed by atoms with Gasteiger partial charge in [0.05, 0.1) is 29.5 Å². The number of aromatic nitrogens is 3. The molecule has 3 aromatic heterocycles. The van der Waals surface area contributed by atoms with Gasteiger partial charge in [0.15, 0.2) is 4.80 Å². The summed E-state index contributed by atoms with van der Waals surface area (Å²) in [4.78, 5) is 40.1. The molecule has 0 amide bonds. The van der Waals surface area contributed by atoms with Crippen molar-refractivity contribution < 1.29 is 14.3 Å². The van der Waals surface area contributed by atoms with Crippen molar-refractivity contribution in [3.63, 3.8) is 0 Å². The topological polar surface area (TPSA) is 98.6 Å². The van der Waals surface area contributed by atoms with Crippen LogP contribution in [0.25, 0.3) is 27.9 Å². The molecule has 8 nitrogen and oxygen atoms in total. The number of ether oxygens (including phenoxy) is 2. The monoisotopic (exact) mass is 524 g/mol. The second kappa shape index (κ2) is 9.42. The van der Waals surface area contributed by atoms with E-state index in [4.69, 9.17) is 14.5 Å². The van der Waals surface area contributed by atoms with E-state index in [0.29, 0.717) is 31.9 Å². The molecule has 1 N–H and O–H groups in total. The van der Waals surface area contributed by atoms with E-state index >= 15 is 0 Å². The molecule has 38 heavy (non-hydrogen) atoms. The van der Waals surface area contributed by atoms with Crippen LogP contribution in [0.1, 0.15) is 31.0 Å². The molecule has 0 saturated heterocycles. The van der Waals surface area contributed by atoms with E-state index in [1.807, 2.05) is 60.8 Å². The SMILES string of the molecule is CCOC(=O)C1=C(C)N=c2s/c(=C\c3c[nH]c4ncccc34)c(=O)n2C1c1c(OC)ccc2ccccc12. The van der Waals surface area contributed by atoms with Crippen molar-refractivity contribution in [2.45, 2.75) is 19.9 Å². The highest BCUT2D eigenvalue weighted by atomic mass is 32.1. The number of esters is 1. The van der Waals surface area contributed by atoms with E-state index in [0.717, 1.165) is 27.4 Å². The van der Waals surface area contributed by atoms with Crippen molar-refractivity contribution in [3.8, 4) is 5.75 Å². The lowest BCUT2D eigenvalue weighted by atomic mass is 9.90. The van der Waals surface area contributed by atoms with Crippen LogP contribution < -0.4 is 19.6 Å². The number of H-pyrrole nitrogens is 1. The first-order valence-electron chi connectivity index (χ1n) is 12.2. The normalized spacial score (nSPS) is 15.6. The Kier molecular flexibility index (Phi) is 5.92. The molecule has 0 saturated carbocycles. The predicted octanol–water partition coefficient (Wildman–Crippen LogP) is 3.84. The largest absolute Gasteiger partial charge is 0.496 e. The molecule has 1 unspecified atom stereocenters. The number of nitrogens with one attached hydrogen (secondary N) is 1. The smallest absolute Gasteiger partial charge is 0.338 e. The molecular formula is C29H24N4O4S. The van der Waals surface area contributed by atoms with Crippen LogP contribution in [0, 0.1) is 0 Å². The number of pyridine rings is 1. The van der Waals surface area contributed by atoms with Gasteiger partial charge < -0.3 is 14.5 Å². The Hall–Kier alpha value is -4.50. The van der Waals surface area contributed by atoms with Crippen LogP contribution in [0.15, 0.2) is 82.0 Å². The maximum atomic E-state index is 14.1. The van der Waals surface area contributed by atoms with Gasteiger partial charge >= 0.3 is 5.97 Å². The Morgan fingerprint density at radius 3 is 2.79 bits per heavy atom. The Balaban J connectivity index is 1.67. The molecule has 6 rings (SSSR count). The fraction of sp³-hybridized carbons (Fsp3) is 0.172. The molecule has 0 fully saturated rings. The van der Waals surface area contributed by atoms with E-state index in [2.05, 4.69) is 9.97 Å². The van der Waals surface area contributed by atoms with Crippen molar-refractivity contribution in [3.05, 3.63) is 103 Å². The van der Waals surface area contributed by atoms with Gasteiger partial charge in [0, 0.05) is 28.9 Å². The lowest BCUT2D eigenvalue weighted by Crippen LogP contribution is -2.40. The predicted molar refractivity (Wildman–Crippen MR) is 147 cm³/mol. The van der Waals surface area contributed by atoms with Crippen LogP contribution in [0.4, 0.5) is 0 Å². The lowest BCUT2D eigenvalue weighted by molar-refractivity contribution is -0.139. The summed E-state index contributed by atoms with van der Waals surface area (Å²) in [5.74, 6) is 0.0631. The van der Waals surface area contributed by atoms with Gasteiger partial charge in [-0.3, -0.25) is 9.36 Å². The average Bonchev–Trinajstić information content (AvgIpc) is 3.47. The summed E-state index contributed by atoms with van der Waals surface area (Å²) in [5.41, 5.74) is 2.88. The van der Waals surface area contributed by atoms with Crippen LogP contribution in [-0.4, -0.2) is 34.2 Å². The number of carbonyl (C=O) groups is 1. The number of methoxy groups -OCH3 is 1. The van der Waals surface area contributed by atoms with Gasteiger partial charge in [-0.15, -0.1) is 0 Å². The van der Waals surface area contributed by atoms with Crippen LogP contribution in [-0.2, 0) is 9.53 Å². The third-order valence-corrected chi connectivity index (χ3v) is 7.69. The number of carbonyl (C=O) groups excluding carboxylic acids is 1. The van der Waals surface area contributed by atoms with E-state index in [-0.39, 0.29) is 12.2 Å². The van der Waals surface area contributed by atoms with Gasteiger partial charge in [-0.05, 0) is 48.9 Å². The van der Waals surface area contributed by atoms with Gasteiger partial charge in [0.2, 0.25) is 0 Å². The minimum Gasteiger partial charge on any atom is -0.496 e. The Morgan fingerprint density at radius 2 is 1.97 bits per heavy atom. The number of hydrogen-bond acceptors (Lipinski definition) is 7. The first-order chi connectivity index (χ1) is 18.5. The number of aromatic amines is 1. The number of hydrogen-bond donors (Lipinski definition) is 1. The summed E-state index contributed by atoms with van der Waals surface area (Å²) in [6, 6.07) is 14.7. The molecule has 0 aliphatic carbocycles. The van der Waals surface area contributed by atoms with Crippen molar-refractivity contribution in [2.24, 2.45) is 4.99 Å². The van der Waals surface area contributed by atoms with Gasteiger partial charge in [0.1, 0.15) is 17.4 Å². The van der Waals surface area contributed by atoms with E-state index in [1.54, 1.807) is 31.7 Å². The van der Waals surface area contributed by atoms with Crippen LogP contribution >= 0.6 is 11.3 Å². The Labute approximate surface area is 221 Å².